The Labute approximate surface area is 129 Å². The van der Waals surface area contributed by atoms with E-state index in [-0.39, 0.29) is 5.56 Å². The Balaban J connectivity index is 3.32. The number of benzene rings is 1. The van der Waals surface area contributed by atoms with Crippen molar-refractivity contribution < 1.29 is 48.6 Å². The highest BCUT2D eigenvalue weighted by molar-refractivity contribution is 5.32. The fourth-order valence-electron chi connectivity index (χ4n) is 1.53. The fraction of sp³-hybridized carbons (Fsp3) is 0.538. The number of hydrogen-bond donors (Lipinski definition) is 0. The van der Waals surface area contributed by atoms with Crippen molar-refractivity contribution in [3.05, 3.63) is 29.8 Å². The lowest BCUT2D eigenvalue weighted by atomic mass is 9.99. The largest absolute Gasteiger partial charge is 0.471 e. The van der Waals surface area contributed by atoms with Crippen LogP contribution < -0.4 is 4.74 Å². The molecular weight excluding hydrogens is 362 g/mol. The van der Waals surface area contributed by atoms with Gasteiger partial charge in [0.1, 0.15) is 5.75 Å². The topological polar surface area (TPSA) is 9.23 Å². The van der Waals surface area contributed by atoms with Gasteiger partial charge in [0.25, 0.3) is 0 Å². The van der Waals surface area contributed by atoms with Gasteiger partial charge in [0.05, 0.1) is 0 Å². The predicted molar refractivity (Wildman–Crippen MR) is 62.2 cm³/mol. The third-order valence-corrected chi connectivity index (χ3v) is 3.04. The summed E-state index contributed by atoms with van der Waals surface area (Å²) in [6, 6.07) is 4.04. The summed E-state index contributed by atoms with van der Waals surface area (Å²) in [6.45, 7) is 0.286. The van der Waals surface area contributed by atoms with Crippen LogP contribution in [0.2, 0.25) is 0 Å². The van der Waals surface area contributed by atoms with E-state index < -0.39 is 42.5 Å². The van der Waals surface area contributed by atoms with Crippen LogP contribution in [0.5, 0.6) is 5.75 Å². The lowest BCUT2D eigenvalue weighted by molar-refractivity contribution is -0.429. The highest BCUT2D eigenvalue weighted by Crippen LogP contribution is 2.57. The van der Waals surface area contributed by atoms with Gasteiger partial charge in [-0.3, -0.25) is 0 Å². The van der Waals surface area contributed by atoms with Crippen molar-refractivity contribution in [1.29, 1.82) is 0 Å². The smallest absolute Gasteiger partial charge is 0.428 e. The number of alkyl halides is 10. The molecule has 1 nitrogen and oxygen atoms in total. The van der Waals surface area contributed by atoms with E-state index in [2.05, 4.69) is 4.74 Å². The van der Waals surface area contributed by atoms with Crippen LogP contribution in [0.1, 0.15) is 12.5 Å². The maximum absolute atomic E-state index is 13.5. The monoisotopic (exact) mass is 372 g/mol. The zero-order valence-electron chi connectivity index (χ0n) is 12.0. The van der Waals surface area contributed by atoms with Gasteiger partial charge in [-0.05, 0) is 18.6 Å². The first-order valence-corrected chi connectivity index (χ1v) is 6.13. The molecule has 138 valence electrons. The molecule has 0 aliphatic heterocycles. The Morgan fingerprint density at radius 2 is 1.17 bits per heavy atom. The standard InChI is InChI=1S/C13H10F10O/c1-7-5-3-4-6-8(7)24-13(22,23)12(20,21)11(18,19)10(16,17)9(2,14)15/h3-6H,1-2H3. The van der Waals surface area contributed by atoms with Crippen LogP contribution in [-0.2, 0) is 0 Å². The van der Waals surface area contributed by atoms with E-state index in [1.165, 1.54) is 6.07 Å². The maximum Gasteiger partial charge on any atom is 0.471 e. The molecule has 0 aromatic heterocycles. The molecule has 0 aliphatic carbocycles. The number of ether oxygens (including phenoxy) is 1. The highest BCUT2D eigenvalue weighted by atomic mass is 19.4. The molecule has 0 saturated carbocycles. The molecule has 0 saturated heterocycles. The second-order valence-electron chi connectivity index (χ2n) is 5.00. The minimum atomic E-state index is -7.11. The zero-order valence-corrected chi connectivity index (χ0v) is 12.0. The van der Waals surface area contributed by atoms with E-state index in [0.717, 1.165) is 19.1 Å². The molecule has 0 fully saturated rings. The van der Waals surface area contributed by atoms with Crippen molar-refractivity contribution in [1.82, 2.24) is 0 Å². The summed E-state index contributed by atoms with van der Waals surface area (Å²) in [6.07, 6.45) is -6.20. The number of rotatable bonds is 6. The van der Waals surface area contributed by atoms with Crippen molar-refractivity contribution in [2.75, 3.05) is 0 Å². The molecule has 0 atom stereocenters. The minimum absolute atomic E-state index is 0.205. The van der Waals surface area contributed by atoms with Gasteiger partial charge in [0.15, 0.2) is 0 Å². The molecule has 0 aliphatic rings. The molecule has 0 heterocycles. The number of halogens is 10. The summed E-state index contributed by atoms with van der Waals surface area (Å²) in [7, 11) is 0. The molecule has 0 amide bonds. The van der Waals surface area contributed by atoms with E-state index >= 15 is 0 Å². The van der Waals surface area contributed by atoms with Crippen LogP contribution in [0, 0.1) is 6.92 Å². The molecule has 11 heteroatoms. The Morgan fingerprint density at radius 3 is 1.58 bits per heavy atom. The number of para-hydroxylation sites is 1. The first kappa shape index (κ1) is 20.4. The lowest BCUT2D eigenvalue weighted by Crippen LogP contribution is -2.67. The molecule has 1 aromatic rings. The van der Waals surface area contributed by atoms with Crippen molar-refractivity contribution >= 4 is 0 Å². The van der Waals surface area contributed by atoms with Gasteiger partial charge >= 0.3 is 29.8 Å². The van der Waals surface area contributed by atoms with Crippen molar-refractivity contribution in [3.63, 3.8) is 0 Å². The fourth-order valence-corrected chi connectivity index (χ4v) is 1.53. The van der Waals surface area contributed by atoms with Crippen LogP contribution >= 0.6 is 0 Å². The van der Waals surface area contributed by atoms with E-state index in [1.807, 2.05) is 0 Å². The molecule has 0 spiro atoms. The third kappa shape index (κ3) is 3.00. The summed E-state index contributed by atoms with van der Waals surface area (Å²) >= 11 is 0. The zero-order chi connectivity index (χ0) is 19.2. The van der Waals surface area contributed by atoms with Crippen molar-refractivity contribution in [2.45, 2.75) is 43.6 Å². The van der Waals surface area contributed by atoms with Crippen LogP contribution in [-0.4, -0.2) is 29.8 Å². The maximum atomic E-state index is 13.5. The minimum Gasteiger partial charge on any atom is -0.428 e. The molecule has 24 heavy (non-hydrogen) atoms. The number of aryl methyl sites for hydroxylation is 1. The quantitative estimate of drug-likeness (QED) is 0.597. The third-order valence-electron chi connectivity index (χ3n) is 3.04. The summed E-state index contributed by atoms with van der Waals surface area (Å²) in [5, 5.41) is 0. The average Bonchev–Trinajstić information content (AvgIpc) is 2.39. The SMILES string of the molecule is Cc1ccccc1OC(F)(F)C(F)(F)C(F)(F)C(F)(F)C(C)(F)F. The molecule has 0 radical (unpaired) electrons. The molecular formula is C13H10F10O. The van der Waals surface area contributed by atoms with Gasteiger partial charge in [0.2, 0.25) is 0 Å². The van der Waals surface area contributed by atoms with Crippen molar-refractivity contribution in [2.24, 2.45) is 0 Å². The molecule has 0 N–H and O–H groups in total. The van der Waals surface area contributed by atoms with Crippen LogP contribution in [0.4, 0.5) is 43.9 Å². The Hall–Kier alpha value is -1.68. The Morgan fingerprint density at radius 1 is 0.708 bits per heavy atom. The van der Waals surface area contributed by atoms with E-state index in [9.17, 15) is 43.9 Å². The summed E-state index contributed by atoms with van der Waals surface area (Å²) < 4.78 is 135. The van der Waals surface area contributed by atoms with E-state index in [4.69, 9.17) is 0 Å². The second kappa shape index (κ2) is 5.69. The molecule has 1 rings (SSSR count). The Kier molecular flexibility index (Phi) is 4.83. The average molecular weight is 372 g/mol. The molecule has 0 bridgehead atoms. The Bertz CT molecular complexity index is 591. The van der Waals surface area contributed by atoms with E-state index in [0.29, 0.717) is 6.07 Å². The van der Waals surface area contributed by atoms with Gasteiger partial charge in [-0.2, -0.15) is 43.9 Å². The first-order chi connectivity index (χ1) is 10.5. The summed E-state index contributed by atoms with van der Waals surface area (Å²) in [5.74, 6) is -27.5. The predicted octanol–water partition coefficient (Wildman–Crippen LogP) is 5.53. The van der Waals surface area contributed by atoms with Gasteiger partial charge < -0.3 is 4.74 Å². The van der Waals surface area contributed by atoms with Crippen LogP contribution in [0.3, 0.4) is 0 Å². The van der Waals surface area contributed by atoms with Crippen LogP contribution in [0.25, 0.3) is 0 Å². The van der Waals surface area contributed by atoms with Gasteiger partial charge in [-0.1, -0.05) is 18.2 Å². The summed E-state index contributed by atoms with van der Waals surface area (Å²) in [4.78, 5) is 0. The number of hydrogen-bond acceptors (Lipinski definition) is 1. The van der Waals surface area contributed by atoms with Gasteiger partial charge in [-0.25, -0.2) is 0 Å². The van der Waals surface area contributed by atoms with E-state index in [1.54, 1.807) is 0 Å². The lowest BCUT2D eigenvalue weighted by Gasteiger charge is -2.38. The highest BCUT2D eigenvalue weighted by Gasteiger charge is 2.86. The van der Waals surface area contributed by atoms with Crippen molar-refractivity contribution in [3.8, 4) is 5.75 Å². The van der Waals surface area contributed by atoms with Crippen LogP contribution in [0.15, 0.2) is 24.3 Å². The summed E-state index contributed by atoms with van der Waals surface area (Å²) in [5.41, 5.74) is -0.205. The molecule has 1 aromatic carbocycles. The normalized spacial score (nSPS) is 14.7. The second-order valence-corrected chi connectivity index (χ2v) is 5.00. The van der Waals surface area contributed by atoms with Gasteiger partial charge in [-0.15, -0.1) is 0 Å². The first-order valence-electron chi connectivity index (χ1n) is 6.13. The van der Waals surface area contributed by atoms with Gasteiger partial charge in [0, 0.05) is 6.92 Å². The molecule has 0 unspecified atom stereocenters.